The monoisotopic (exact) mass is 275 g/mol. The third-order valence-electron chi connectivity index (χ3n) is 3.58. The van der Waals surface area contributed by atoms with Gasteiger partial charge >= 0.3 is 6.98 Å². The van der Waals surface area contributed by atoms with Gasteiger partial charge in [-0.15, -0.1) is 0 Å². The molecule has 0 bridgehead atoms. The molecule has 6 heteroatoms. The van der Waals surface area contributed by atoms with Crippen LogP contribution in [0.25, 0.3) is 0 Å². The second-order valence-corrected chi connectivity index (χ2v) is 5.26. The first-order valence-corrected chi connectivity index (χ1v) is 6.52. The van der Waals surface area contributed by atoms with E-state index in [1.807, 2.05) is 0 Å². The summed E-state index contributed by atoms with van der Waals surface area (Å²) in [7, 11) is 0. The molecule has 19 heavy (non-hydrogen) atoms. The fourth-order valence-electron chi connectivity index (χ4n) is 2.41. The van der Waals surface area contributed by atoms with Crippen LogP contribution in [0.1, 0.15) is 32.6 Å². The lowest BCUT2D eigenvalue weighted by atomic mass is 9.79. The number of hydrogen-bond acceptors (Lipinski definition) is 1. The highest BCUT2D eigenvalue weighted by Crippen LogP contribution is 2.28. The summed E-state index contributed by atoms with van der Waals surface area (Å²) in [5.41, 5.74) is -0.847. The van der Waals surface area contributed by atoms with E-state index < -0.39 is 18.3 Å². The van der Waals surface area contributed by atoms with Crippen LogP contribution in [0.4, 0.5) is 17.3 Å². The first kappa shape index (κ1) is 14.2. The van der Waals surface area contributed by atoms with Crippen molar-refractivity contribution >= 4 is 12.4 Å². The fraction of sp³-hybridized carbons (Fsp3) is 0.538. The van der Waals surface area contributed by atoms with Crippen LogP contribution < -0.4 is 10.2 Å². The molecule has 0 amide bonds. The summed E-state index contributed by atoms with van der Waals surface area (Å²) < 4.78 is 57.1. The van der Waals surface area contributed by atoms with Crippen molar-refractivity contribution in [3.8, 4) is 5.75 Å². The fourth-order valence-corrected chi connectivity index (χ4v) is 2.41. The number of rotatable bonds is 3. The third kappa shape index (κ3) is 3.64. The van der Waals surface area contributed by atoms with Crippen molar-refractivity contribution in [1.82, 2.24) is 0 Å². The Labute approximate surface area is 110 Å². The Kier molecular flexibility index (Phi) is 4.06. The standard InChI is InChI=1S/C13H16BF4O/c1-9-2-5-11(6-3-9)19-13-8-10(15)4-7-12(13)14(16,17)18/h4,7-9,11H,2-3,5-6H2,1H3/q-1. The molecule has 1 saturated carbocycles. The van der Waals surface area contributed by atoms with Crippen molar-refractivity contribution in [3.05, 3.63) is 24.0 Å². The molecule has 0 heterocycles. The molecule has 1 aliphatic rings. The van der Waals surface area contributed by atoms with E-state index in [9.17, 15) is 17.3 Å². The van der Waals surface area contributed by atoms with E-state index >= 15 is 0 Å². The van der Waals surface area contributed by atoms with E-state index in [1.165, 1.54) is 0 Å². The summed E-state index contributed by atoms with van der Waals surface area (Å²) in [6.45, 7) is -3.07. The highest BCUT2D eigenvalue weighted by atomic mass is 19.4. The lowest BCUT2D eigenvalue weighted by molar-refractivity contribution is 0.136. The summed E-state index contributed by atoms with van der Waals surface area (Å²) >= 11 is 0. The van der Waals surface area contributed by atoms with Gasteiger partial charge in [0.15, 0.2) is 0 Å². The Morgan fingerprint density at radius 3 is 2.32 bits per heavy atom. The van der Waals surface area contributed by atoms with Crippen molar-refractivity contribution in [3.63, 3.8) is 0 Å². The SMILES string of the molecule is CC1CCC(Oc2cc(F)ccc2[B-](F)(F)F)CC1. The van der Waals surface area contributed by atoms with E-state index in [0.29, 0.717) is 5.92 Å². The number of benzene rings is 1. The predicted octanol–water partition coefficient (Wildman–Crippen LogP) is 3.84. The second-order valence-electron chi connectivity index (χ2n) is 5.26. The van der Waals surface area contributed by atoms with E-state index in [-0.39, 0.29) is 11.9 Å². The van der Waals surface area contributed by atoms with Gasteiger partial charge in [-0.05, 0) is 37.7 Å². The molecule has 0 N–H and O–H groups in total. The van der Waals surface area contributed by atoms with E-state index in [4.69, 9.17) is 4.74 Å². The van der Waals surface area contributed by atoms with Gasteiger partial charge < -0.3 is 17.7 Å². The average molecular weight is 275 g/mol. The van der Waals surface area contributed by atoms with E-state index in [0.717, 1.165) is 43.9 Å². The van der Waals surface area contributed by atoms with Crippen molar-refractivity contribution in [2.75, 3.05) is 0 Å². The topological polar surface area (TPSA) is 9.23 Å². The zero-order valence-electron chi connectivity index (χ0n) is 10.7. The molecule has 106 valence electrons. The Morgan fingerprint density at radius 1 is 1.11 bits per heavy atom. The zero-order chi connectivity index (χ0) is 14.0. The van der Waals surface area contributed by atoms with Gasteiger partial charge in [0, 0.05) is 6.07 Å². The molecule has 0 atom stereocenters. The van der Waals surface area contributed by atoms with Gasteiger partial charge in [0.05, 0.1) is 11.9 Å². The summed E-state index contributed by atoms with van der Waals surface area (Å²) in [4.78, 5) is 0. The quantitative estimate of drug-likeness (QED) is 0.601. The Hall–Kier alpha value is -1.20. The highest BCUT2D eigenvalue weighted by molar-refractivity contribution is 6.74. The summed E-state index contributed by atoms with van der Waals surface area (Å²) in [6.07, 6.45) is 3.08. The van der Waals surface area contributed by atoms with Gasteiger partial charge in [-0.25, -0.2) is 4.39 Å². The van der Waals surface area contributed by atoms with Crippen LogP contribution in [0.5, 0.6) is 5.75 Å². The molecule has 1 aromatic carbocycles. The van der Waals surface area contributed by atoms with Crippen LogP contribution >= 0.6 is 0 Å². The van der Waals surface area contributed by atoms with Crippen molar-refractivity contribution in [2.45, 2.75) is 38.7 Å². The van der Waals surface area contributed by atoms with Gasteiger partial charge in [-0.1, -0.05) is 18.5 Å². The Morgan fingerprint density at radius 2 is 1.74 bits per heavy atom. The highest BCUT2D eigenvalue weighted by Gasteiger charge is 2.30. The van der Waals surface area contributed by atoms with Crippen LogP contribution in [0.15, 0.2) is 18.2 Å². The van der Waals surface area contributed by atoms with Crippen LogP contribution in [-0.2, 0) is 0 Å². The molecule has 1 nitrogen and oxygen atoms in total. The second kappa shape index (κ2) is 5.43. The minimum absolute atomic E-state index is 0.241. The minimum Gasteiger partial charge on any atom is -0.493 e. The molecule has 1 fully saturated rings. The number of halogens is 4. The van der Waals surface area contributed by atoms with Crippen molar-refractivity contribution in [1.29, 1.82) is 0 Å². The van der Waals surface area contributed by atoms with Gasteiger partial charge in [-0.3, -0.25) is 0 Å². The maximum absolute atomic E-state index is 13.1. The number of hydrogen-bond donors (Lipinski definition) is 0. The van der Waals surface area contributed by atoms with Crippen molar-refractivity contribution < 1.29 is 22.1 Å². The molecule has 0 radical (unpaired) electrons. The smallest absolute Gasteiger partial charge is 0.493 e. The van der Waals surface area contributed by atoms with Crippen molar-refractivity contribution in [2.24, 2.45) is 5.92 Å². The summed E-state index contributed by atoms with van der Waals surface area (Å²) in [5.74, 6) is -0.492. The van der Waals surface area contributed by atoms with Gasteiger partial charge in [0.1, 0.15) is 5.82 Å². The third-order valence-corrected chi connectivity index (χ3v) is 3.58. The lowest BCUT2D eigenvalue weighted by Crippen LogP contribution is -2.37. The average Bonchev–Trinajstić information content (AvgIpc) is 2.30. The normalized spacial score (nSPS) is 24.3. The van der Waals surface area contributed by atoms with E-state index in [1.54, 1.807) is 0 Å². The molecular weight excluding hydrogens is 259 g/mol. The predicted molar refractivity (Wildman–Crippen MR) is 67.2 cm³/mol. The first-order chi connectivity index (χ1) is 8.86. The molecular formula is C13H16BF4O-. The maximum Gasteiger partial charge on any atom is 0.513 e. The molecule has 0 spiro atoms. The first-order valence-electron chi connectivity index (χ1n) is 6.52. The van der Waals surface area contributed by atoms with Crippen LogP contribution in [-0.4, -0.2) is 13.1 Å². The molecule has 0 aliphatic heterocycles. The lowest BCUT2D eigenvalue weighted by Gasteiger charge is -2.29. The Bertz CT molecular complexity index is 439. The molecule has 1 aromatic rings. The molecule has 0 unspecified atom stereocenters. The zero-order valence-corrected chi connectivity index (χ0v) is 10.7. The van der Waals surface area contributed by atoms with Gasteiger partial charge in [0.2, 0.25) is 0 Å². The molecule has 1 aliphatic carbocycles. The maximum atomic E-state index is 13.1. The van der Waals surface area contributed by atoms with Crippen LogP contribution in [0.3, 0.4) is 0 Å². The Balaban J connectivity index is 2.17. The summed E-state index contributed by atoms with van der Waals surface area (Å²) in [5, 5.41) is 0. The van der Waals surface area contributed by atoms with Gasteiger partial charge in [-0.2, -0.15) is 0 Å². The minimum atomic E-state index is -5.18. The molecule has 2 rings (SSSR count). The summed E-state index contributed by atoms with van der Waals surface area (Å²) in [6, 6.07) is 2.42. The molecule has 0 aromatic heterocycles. The van der Waals surface area contributed by atoms with Gasteiger partial charge in [0.25, 0.3) is 0 Å². The number of ether oxygens (including phenoxy) is 1. The van der Waals surface area contributed by atoms with E-state index in [2.05, 4.69) is 6.92 Å². The van der Waals surface area contributed by atoms with Crippen LogP contribution in [0, 0.1) is 11.7 Å². The largest absolute Gasteiger partial charge is 0.513 e. The molecule has 0 saturated heterocycles. The van der Waals surface area contributed by atoms with Crippen LogP contribution in [0.2, 0.25) is 0 Å².